The molecule has 0 amide bonds. The molecule has 1 aliphatic heterocycles. The van der Waals surface area contributed by atoms with Crippen molar-refractivity contribution in [1.82, 2.24) is 5.48 Å². The van der Waals surface area contributed by atoms with Gasteiger partial charge in [-0.3, -0.25) is 0 Å². The van der Waals surface area contributed by atoms with Crippen molar-refractivity contribution in [3.05, 3.63) is 35.9 Å². The lowest BCUT2D eigenvalue weighted by Gasteiger charge is -2.31. The molecule has 20 heavy (non-hydrogen) atoms. The minimum atomic E-state index is -0.358. The van der Waals surface area contributed by atoms with E-state index in [9.17, 15) is 4.79 Å². The summed E-state index contributed by atoms with van der Waals surface area (Å²) in [5.41, 5.74) is 3.69. The minimum absolute atomic E-state index is 0.0630. The van der Waals surface area contributed by atoms with E-state index >= 15 is 0 Å². The lowest BCUT2D eigenvalue weighted by Crippen LogP contribution is -2.35. The molecule has 3 rings (SSSR count). The molecule has 1 heterocycles. The van der Waals surface area contributed by atoms with Gasteiger partial charge in [0, 0.05) is 6.54 Å². The van der Waals surface area contributed by atoms with Crippen LogP contribution < -0.4 is 5.48 Å². The molecule has 1 aromatic carbocycles. The van der Waals surface area contributed by atoms with Gasteiger partial charge in [0.25, 0.3) is 0 Å². The Morgan fingerprint density at radius 2 is 1.90 bits per heavy atom. The first kappa shape index (κ1) is 13.6. The largest absolute Gasteiger partial charge is 0.370 e. The van der Waals surface area contributed by atoms with Gasteiger partial charge in [0.05, 0.1) is 5.41 Å². The molecule has 1 aromatic rings. The number of hydrogen-bond acceptors (Lipinski definition) is 3. The topological polar surface area (TPSA) is 38.3 Å². The van der Waals surface area contributed by atoms with Gasteiger partial charge in [-0.25, -0.2) is 4.79 Å². The highest BCUT2D eigenvalue weighted by Gasteiger charge is 2.46. The monoisotopic (exact) mass is 273 g/mol. The fourth-order valence-electron chi connectivity index (χ4n) is 3.71. The summed E-state index contributed by atoms with van der Waals surface area (Å²) in [6.45, 7) is 0.650. The molecular formula is C17H23NO2. The van der Waals surface area contributed by atoms with E-state index in [1.165, 1.54) is 37.7 Å². The Balaban J connectivity index is 1.76. The molecule has 2 fully saturated rings. The van der Waals surface area contributed by atoms with E-state index in [1.807, 2.05) is 18.2 Å². The highest BCUT2D eigenvalue weighted by atomic mass is 16.7. The van der Waals surface area contributed by atoms with Crippen molar-refractivity contribution in [1.29, 1.82) is 0 Å². The molecule has 1 saturated heterocycles. The van der Waals surface area contributed by atoms with Crippen LogP contribution in [0.25, 0.3) is 0 Å². The molecule has 0 spiro atoms. The Labute approximate surface area is 120 Å². The van der Waals surface area contributed by atoms with E-state index in [1.54, 1.807) is 0 Å². The van der Waals surface area contributed by atoms with Crippen LogP contribution >= 0.6 is 0 Å². The third-order valence-electron chi connectivity index (χ3n) is 4.80. The van der Waals surface area contributed by atoms with Crippen molar-refractivity contribution in [2.75, 3.05) is 6.54 Å². The van der Waals surface area contributed by atoms with Crippen LogP contribution in [-0.2, 0) is 16.1 Å². The van der Waals surface area contributed by atoms with E-state index in [0.29, 0.717) is 12.5 Å². The van der Waals surface area contributed by atoms with Crippen LogP contribution in [0.2, 0.25) is 0 Å². The molecule has 3 heteroatoms. The summed E-state index contributed by atoms with van der Waals surface area (Å²) < 4.78 is 0. The SMILES string of the molecule is O=C1ONC[C@@]1(Cc1ccccc1)CC1CCCCC1. The Morgan fingerprint density at radius 3 is 2.55 bits per heavy atom. The van der Waals surface area contributed by atoms with Crippen LogP contribution in [0.5, 0.6) is 0 Å². The Bertz CT molecular complexity index is 453. The quantitative estimate of drug-likeness (QED) is 0.915. The van der Waals surface area contributed by atoms with Crippen molar-refractivity contribution in [2.24, 2.45) is 11.3 Å². The van der Waals surface area contributed by atoms with Gasteiger partial charge < -0.3 is 4.84 Å². The average Bonchev–Trinajstić information content (AvgIpc) is 2.82. The first-order chi connectivity index (χ1) is 9.78. The van der Waals surface area contributed by atoms with Gasteiger partial charge in [-0.05, 0) is 24.3 Å². The molecule has 1 saturated carbocycles. The lowest BCUT2D eigenvalue weighted by atomic mass is 9.71. The van der Waals surface area contributed by atoms with E-state index in [0.717, 1.165) is 12.8 Å². The summed E-state index contributed by atoms with van der Waals surface area (Å²) >= 11 is 0. The van der Waals surface area contributed by atoms with Gasteiger partial charge in [-0.1, -0.05) is 62.4 Å². The fourth-order valence-corrected chi connectivity index (χ4v) is 3.71. The Kier molecular flexibility index (Phi) is 4.06. The van der Waals surface area contributed by atoms with E-state index < -0.39 is 0 Å². The molecule has 0 bridgehead atoms. The normalized spacial score (nSPS) is 27.5. The van der Waals surface area contributed by atoms with Crippen molar-refractivity contribution in [3.63, 3.8) is 0 Å². The molecule has 1 atom stereocenters. The zero-order valence-electron chi connectivity index (χ0n) is 11.9. The van der Waals surface area contributed by atoms with Crippen molar-refractivity contribution in [3.8, 4) is 0 Å². The third kappa shape index (κ3) is 2.88. The smallest absolute Gasteiger partial charge is 0.332 e. The van der Waals surface area contributed by atoms with Crippen molar-refractivity contribution in [2.45, 2.75) is 44.9 Å². The number of rotatable bonds is 4. The zero-order valence-corrected chi connectivity index (χ0v) is 11.9. The molecule has 2 aliphatic rings. The summed E-state index contributed by atoms with van der Waals surface area (Å²) in [4.78, 5) is 17.4. The third-order valence-corrected chi connectivity index (χ3v) is 4.80. The second-order valence-corrected chi connectivity index (χ2v) is 6.36. The average molecular weight is 273 g/mol. The van der Waals surface area contributed by atoms with Crippen molar-refractivity contribution < 1.29 is 9.63 Å². The van der Waals surface area contributed by atoms with Gasteiger partial charge in [-0.15, -0.1) is 0 Å². The predicted octanol–water partition coefficient (Wildman–Crippen LogP) is 3.25. The maximum absolute atomic E-state index is 12.3. The second kappa shape index (κ2) is 5.96. The summed E-state index contributed by atoms with van der Waals surface area (Å²) in [7, 11) is 0. The molecular weight excluding hydrogens is 250 g/mol. The molecule has 1 aliphatic carbocycles. The van der Waals surface area contributed by atoms with E-state index in [-0.39, 0.29) is 11.4 Å². The van der Waals surface area contributed by atoms with Crippen LogP contribution in [0.1, 0.15) is 44.1 Å². The van der Waals surface area contributed by atoms with Crippen LogP contribution in [0.15, 0.2) is 30.3 Å². The number of carbonyl (C=O) groups excluding carboxylic acids is 1. The number of hydroxylamine groups is 1. The fraction of sp³-hybridized carbons (Fsp3) is 0.588. The molecule has 1 N–H and O–H groups in total. The molecule has 108 valence electrons. The number of hydrogen-bond donors (Lipinski definition) is 1. The standard InChI is InChI=1S/C17H23NO2/c19-16-17(13-18-20-16,11-14-7-3-1-4-8-14)12-15-9-5-2-6-10-15/h1,3-4,7-8,15,18H,2,5-6,9-13H2/t17-/m1/s1. The number of carbonyl (C=O) groups is 1. The van der Waals surface area contributed by atoms with Gasteiger partial charge >= 0.3 is 5.97 Å². The lowest BCUT2D eigenvalue weighted by molar-refractivity contribution is -0.150. The molecule has 0 radical (unpaired) electrons. The number of benzene rings is 1. The van der Waals surface area contributed by atoms with Gasteiger partial charge in [0.1, 0.15) is 0 Å². The summed E-state index contributed by atoms with van der Waals surface area (Å²) in [6.07, 6.45) is 8.27. The van der Waals surface area contributed by atoms with Crippen LogP contribution in [0.3, 0.4) is 0 Å². The number of nitrogens with one attached hydrogen (secondary N) is 1. The van der Waals surface area contributed by atoms with Crippen LogP contribution in [0, 0.1) is 11.3 Å². The molecule has 0 aromatic heterocycles. The first-order valence-corrected chi connectivity index (χ1v) is 7.77. The maximum atomic E-state index is 12.3. The minimum Gasteiger partial charge on any atom is -0.370 e. The summed E-state index contributed by atoms with van der Waals surface area (Å²) in [5, 5.41) is 0. The van der Waals surface area contributed by atoms with E-state index in [4.69, 9.17) is 4.84 Å². The highest BCUT2D eigenvalue weighted by molar-refractivity contribution is 5.79. The Morgan fingerprint density at radius 1 is 1.15 bits per heavy atom. The van der Waals surface area contributed by atoms with Gasteiger partial charge in [0.2, 0.25) is 0 Å². The molecule has 3 nitrogen and oxygen atoms in total. The van der Waals surface area contributed by atoms with Gasteiger partial charge in [0.15, 0.2) is 0 Å². The van der Waals surface area contributed by atoms with Crippen LogP contribution in [0.4, 0.5) is 0 Å². The Hall–Kier alpha value is -1.35. The van der Waals surface area contributed by atoms with Crippen LogP contribution in [-0.4, -0.2) is 12.5 Å². The van der Waals surface area contributed by atoms with Gasteiger partial charge in [-0.2, -0.15) is 5.48 Å². The maximum Gasteiger partial charge on any atom is 0.332 e. The second-order valence-electron chi connectivity index (χ2n) is 6.36. The van der Waals surface area contributed by atoms with Crippen molar-refractivity contribution >= 4 is 5.97 Å². The van der Waals surface area contributed by atoms with E-state index in [2.05, 4.69) is 17.6 Å². The molecule has 0 unspecified atom stereocenters. The summed E-state index contributed by atoms with van der Waals surface area (Å²) in [5.74, 6) is 0.617. The summed E-state index contributed by atoms with van der Waals surface area (Å²) in [6, 6.07) is 10.3. The predicted molar refractivity (Wildman–Crippen MR) is 77.9 cm³/mol. The first-order valence-electron chi connectivity index (χ1n) is 7.77. The highest BCUT2D eigenvalue weighted by Crippen LogP contribution is 2.39. The zero-order chi connectivity index (χ0) is 13.8.